The molecule has 2 aromatic carbocycles. The van der Waals surface area contributed by atoms with E-state index in [9.17, 15) is 26.0 Å². The van der Waals surface area contributed by atoms with Crippen LogP contribution in [0.3, 0.4) is 0 Å². The van der Waals surface area contributed by atoms with E-state index in [4.69, 9.17) is 26.2 Å². The van der Waals surface area contributed by atoms with Gasteiger partial charge < -0.3 is 9.84 Å². The first-order chi connectivity index (χ1) is 16.9. The Morgan fingerprint density at radius 3 is 2.50 bits per heavy atom. The minimum Gasteiger partial charge on any atom is -0.475 e. The standard InChI is InChI=1S/C20H19ClFN3O3S.C2HF3O2/c21-17-10-16(6-7-18(17)22)29(26,27)23-11-19-20-15(8-9-28-19)13-25(24-20)12-14-4-2-1-3-5-14;3-2(4,5)1(6)7/h1-7,10,13,19,23H,8-9,11-12H2;(H,6,7). The van der Waals surface area contributed by atoms with Crippen LogP contribution in [0.5, 0.6) is 0 Å². The molecule has 1 aromatic heterocycles. The van der Waals surface area contributed by atoms with E-state index in [0.29, 0.717) is 13.2 Å². The highest BCUT2D eigenvalue weighted by atomic mass is 35.5. The number of nitrogens with one attached hydrogen (secondary N) is 1. The highest BCUT2D eigenvalue weighted by Crippen LogP contribution is 2.26. The van der Waals surface area contributed by atoms with Gasteiger partial charge in [0.15, 0.2) is 0 Å². The van der Waals surface area contributed by atoms with Crippen LogP contribution in [0.4, 0.5) is 17.6 Å². The Kier molecular flexibility index (Phi) is 8.71. The van der Waals surface area contributed by atoms with Gasteiger partial charge in [-0.15, -0.1) is 0 Å². The lowest BCUT2D eigenvalue weighted by Gasteiger charge is -2.22. The Morgan fingerprint density at radius 2 is 1.89 bits per heavy atom. The lowest BCUT2D eigenvalue weighted by atomic mass is 10.1. The van der Waals surface area contributed by atoms with Crippen LogP contribution in [-0.4, -0.2) is 48.6 Å². The van der Waals surface area contributed by atoms with Gasteiger partial charge in [0.05, 0.1) is 28.8 Å². The second-order valence-corrected chi connectivity index (χ2v) is 9.74. The maximum atomic E-state index is 13.3. The molecular weight excluding hydrogens is 530 g/mol. The van der Waals surface area contributed by atoms with Crippen molar-refractivity contribution in [3.63, 3.8) is 0 Å². The van der Waals surface area contributed by atoms with Gasteiger partial charge >= 0.3 is 12.1 Å². The minimum absolute atomic E-state index is 0.0205. The quantitative estimate of drug-likeness (QED) is 0.451. The number of carbonyl (C=O) groups is 1. The summed E-state index contributed by atoms with van der Waals surface area (Å²) in [6.45, 7) is 1.13. The lowest BCUT2D eigenvalue weighted by molar-refractivity contribution is -0.192. The van der Waals surface area contributed by atoms with Crippen molar-refractivity contribution in [3.05, 3.63) is 82.4 Å². The van der Waals surface area contributed by atoms with E-state index < -0.39 is 34.1 Å². The molecule has 194 valence electrons. The molecule has 2 heterocycles. The molecule has 14 heteroatoms. The van der Waals surface area contributed by atoms with Gasteiger partial charge in [0.2, 0.25) is 10.0 Å². The number of rotatable bonds is 6. The van der Waals surface area contributed by atoms with E-state index in [0.717, 1.165) is 35.4 Å². The number of fused-ring (bicyclic) bond motifs is 1. The van der Waals surface area contributed by atoms with Gasteiger partial charge in [0.25, 0.3) is 0 Å². The predicted molar refractivity (Wildman–Crippen MR) is 120 cm³/mol. The summed E-state index contributed by atoms with van der Waals surface area (Å²) in [6, 6.07) is 13.2. The van der Waals surface area contributed by atoms with Crippen LogP contribution in [0.15, 0.2) is 59.6 Å². The molecule has 0 saturated heterocycles. The average molecular weight is 550 g/mol. The molecule has 0 bridgehead atoms. The number of alkyl halides is 3. The van der Waals surface area contributed by atoms with E-state index in [2.05, 4.69) is 9.82 Å². The summed E-state index contributed by atoms with van der Waals surface area (Å²) >= 11 is 5.70. The Balaban J connectivity index is 0.000000454. The number of carboxylic acids is 1. The zero-order chi connectivity index (χ0) is 26.5. The number of halogens is 5. The Morgan fingerprint density at radius 1 is 1.22 bits per heavy atom. The number of hydrogen-bond donors (Lipinski definition) is 2. The topological polar surface area (TPSA) is 111 Å². The summed E-state index contributed by atoms with van der Waals surface area (Å²) in [6.07, 6.45) is -2.88. The largest absolute Gasteiger partial charge is 0.490 e. The van der Waals surface area contributed by atoms with E-state index in [1.165, 1.54) is 6.07 Å². The van der Waals surface area contributed by atoms with E-state index >= 15 is 0 Å². The highest BCUT2D eigenvalue weighted by molar-refractivity contribution is 7.89. The van der Waals surface area contributed by atoms with Crippen LogP contribution in [-0.2, 0) is 32.5 Å². The number of carboxylic acid groups (broad SMARTS) is 1. The molecule has 0 saturated carbocycles. The first-order valence-electron chi connectivity index (χ1n) is 10.3. The van der Waals surface area contributed by atoms with E-state index in [-0.39, 0.29) is 16.5 Å². The Hall–Kier alpha value is -3.00. The third-order valence-electron chi connectivity index (χ3n) is 4.96. The highest BCUT2D eigenvalue weighted by Gasteiger charge is 2.38. The van der Waals surface area contributed by atoms with Crippen molar-refractivity contribution in [1.82, 2.24) is 14.5 Å². The molecule has 4 rings (SSSR count). The molecule has 2 N–H and O–H groups in total. The summed E-state index contributed by atoms with van der Waals surface area (Å²) in [5.41, 5.74) is 2.90. The molecule has 0 aliphatic carbocycles. The third-order valence-corrected chi connectivity index (χ3v) is 6.67. The maximum absolute atomic E-state index is 13.3. The second kappa shape index (κ2) is 11.4. The molecule has 3 aromatic rings. The van der Waals surface area contributed by atoms with Gasteiger partial charge in [0, 0.05) is 12.7 Å². The van der Waals surface area contributed by atoms with Crippen molar-refractivity contribution < 1.29 is 40.6 Å². The van der Waals surface area contributed by atoms with Crippen molar-refractivity contribution in [3.8, 4) is 0 Å². The summed E-state index contributed by atoms with van der Waals surface area (Å²) in [5.74, 6) is -3.43. The smallest absolute Gasteiger partial charge is 0.475 e. The average Bonchev–Trinajstić information content (AvgIpc) is 3.23. The molecule has 1 aliphatic rings. The number of aromatic nitrogens is 2. The van der Waals surface area contributed by atoms with Crippen LogP contribution in [0.1, 0.15) is 22.9 Å². The summed E-state index contributed by atoms with van der Waals surface area (Å²) in [7, 11) is -3.86. The van der Waals surface area contributed by atoms with Gasteiger partial charge in [0.1, 0.15) is 11.9 Å². The van der Waals surface area contributed by atoms with Gasteiger partial charge in [-0.1, -0.05) is 41.9 Å². The summed E-state index contributed by atoms with van der Waals surface area (Å²) < 4.78 is 80.2. The van der Waals surface area contributed by atoms with Crippen LogP contribution in [0.25, 0.3) is 0 Å². The van der Waals surface area contributed by atoms with Gasteiger partial charge in [-0.3, -0.25) is 4.68 Å². The van der Waals surface area contributed by atoms with Crippen molar-refractivity contribution in [2.24, 2.45) is 0 Å². The third kappa shape index (κ3) is 7.26. The molecule has 1 aliphatic heterocycles. The van der Waals surface area contributed by atoms with E-state index in [1.807, 2.05) is 41.2 Å². The Bertz CT molecular complexity index is 1320. The van der Waals surface area contributed by atoms with Gasteiger partial charge in [-0.05, 0) is 35.7 Å². The van der Waals surface area contributed by atoms with Gasteiger partial charge in [-0.25, -0.2) is 22.3 Å². The van der Waals surface area contributed by atoms with Crippen molar-refractivity contribution >= 4 is 27.6 Å². The minimum atomic E-state index is -5.08. The fourth-order valence-corrected chi connectivity index (χ4v) is 4.55. The normalized spacial score (nSPS) is 15.5. The molecule has 1 unspecified atom stereocenters. The molecule has 0 radical (unpaired) electrons. The monoisotopic (exact) mass is 549 g/mol. The fourth-order valence-electron chi connectivity index (χ4n) is 3.25. The Labute approximate surface area is 208 Å². The fraction of sp³-hybridized carbons (Fsp3) is 0.273. The number of hydrogen-bond acceptors (Lipinski definition) is 5. The summed E-state index contributed by atoms with van der Waals surface area (Å²) in [4.78, 5) is 8.79. The van der Waals surface area contributed by atoms with Crippen molar-refractivity contribution in [1.29, 1.82) is 0 Å². The number of benzene rings is 2. The number of nitrogens with zero attached hydrogens (tertiary/aromatic N) is 2. The van der Waals surface area contributed by atoms with Crippen molar-refractivity contribution in [2.45, 2.75) is 30.1 Å². The molecule has 8 nitrogen and oxygen atoms in total. The lowest BCUT2D eigenvalue weighted by Crippen LogP contribution is -2.32. The first-order valence-corrected chi connectivity index (χ1v) is 12.2. The molecule has 0 spiro atoms. The SMILES string of the molecule is O=C(O)C(F)(F)F.O=S(=O)(NCC1OCCc2cn(Cc3ccccc3)nc21)c1ccc(F)c(Cl)c1. The number of aliphatic carboxylic acids is 1. The first kappa shape index (κ1) is 27.6. The zero-order valence-corrected chi connectivity index (χ0v) is 19.9. The van der Waals surface area contributed by atoms with E-state index in [1.54, 1.807) is 0 Å². The van der Waals surface area contributed by atoms with Crippen LogP contribution >= 0.6 is 11.6 Å². The van der Waals surface area contributed by atoms with Crippen LogP contribution < -0.4 is 4.72 Å². The van der Waals surface area contributed by atoms with Gasteiger partial charge in [-0.2, -0.15) is 18.3 Å². The molecule has 0 amide bonds. The maximum Gasteiger partial charge on any atom is 0.490 e. The molecule has 1 atom stereocenters. The number of ether oxygens (including phenoxy) is 1. The zero-order valence-electron chi connectivity index (χ0n) is 18.4. The van der Waals surface area contributed by atoms with Crippen LogP contribution in [0, 0.1) is 5.82 Å². The second-order valence-electron chi connectivity index (χ2n) is 7.56. The summed E-state index contributed by atoms with van der Waals surface area (Å²) in [5, 5.41) is 11.5. The predicted octanol–water partition coefficient (Wildman–Crippen LogP) is 3.95. The molecular formula is C22H20ClF4N3O5S. The number of sulfonamides is 1. The van der Waals surface area contributed by atoms with Crippen LogP contribution in [0.2, 0.25) is 5.02 Å². The van der Waals surface area contributed by atoms with Crippen molar-refractivity contribution in [2.75, 3.05) is 13.2 Å². The molecule has 0 fully saturated rings. The molecule has 36 heavy (non-hydrogen) atoms.